The lowest BCUT2D eigenvalue weighted by Crippen LogP contribution is -2.34. The molecule has 8 heteroatoms. The van der Waals surface area contributed by atoms with Crippen LogP contribution in [0.25, 0.3) is 0 Å². The molecule has 0 unspecified atom stereocenters. The number of anilines is 1. The minimum atomic E-state index is -0.157. The average molecular weight is 356 g/mol. The minimum Gasteiger partial charge on any atom is -0.454 e. The van der Waals surface area contributed by atoms with Crippen LogP contribution < -0.4 is 20.1 Å². The van der Waals surface area contributed by atoms with Gasteiger partial charge in [0.05, 0.1) is 6.61 Å². The van der Waals surface area contributed by atoms with E-state index in [1.54, 1.807) is 7.11 Å². The Hall–Kier alpha value is -2.87. The second-order valence-corrected chi connectivity index (χ2v) is 6.11. The quantitative estimate of drug-likeness (QED) is 0.750. The number of benzene rings is 1. The molecule has 0 spiro atoms. The number of ether oxygens (including phenoxy) is 3. The van der Waals surface area contributed by atoms with Gasteiger partial charge in [0.25, 0.3) is 5.91 Å². The number of hydrogen-bond donors (Lipinski definition) is 2. The van der Waals surface area contributed by atoms with E-state index in [4.69, 9.17) is 14.2 Å². The van der Waals surface area contributed by atoms with Crippen LogP contribution in [0.3, 0.4) is 0 Å². The zero-order valence-electron chi connectivity index (χ0n) is 14.5. The van der Waals surface area contributed by atoms with Crippen molar-refractivity contribution in [3.05, 3.63) is 40.8 Å². The van der Waals surface area contributed by atoms with Crippen molar-refractivity contribution in [2.75, 3.05) is 38.9 Å². The molecule has 8 nitrogen and oxygen atoms in total. The molecule has 0 saturated heterocycles. The van der Waals surface area contributed by atoms with Gasteiger partial charge < -0.3 is 24.8 Å². The van der Waals surface area contributed by atoms with Gasteiger partial charge in [0.1, 0.15) is 17.3 Å². The standard InChI is InChI=1S/C18H20N4O4/c1-24-7-6-19-17-12-4-5-20-18(23)16(12)21-15(22-17)9-11-2-3-13-14(8-11)26-10-25-13/h2-3,8H,4-7,9-10H2,1H3,(H,20,23)(H,19,21,22). The highest BCUT2D eigenvalue weighted by Crippen LogP contribution is 2.33. The van der Waals surface area contributed by atoms with Gasteiger partial charge in [-0.1, -0.05) is 6.07 Å². The molecule has 2 N–H and O–H groups in total. The van der Waals surface area contributed by atoms with E-state index < -0.39 is 0 Å². The second kappa shape index (κ2) is 7.17. The molecule has 0 radical (unpaired) electrons. The molecule has 3 heterocycles. The van der Waals surface area contributed by atoms with Crippen LogP contribution in [0.5, 0.6) is 11.5 Å². The number of carbonyl (C=O) groups is 1. The Balaban J connectivity index is 1.63. The second-order valence-electron chi connectivity index (χ2n) is 6.11. The zero-order chi connectivity index (χ0) is 17.9. The number of aromatic nitrogens is 2. The number of nitrogens with zero attached hydrogens (tertiary/aromatic N) is 2. The fraction of sp³-hybridized carbons (Fsp3) is 0.389. The van der Waals surface area contributed by atoms with Crippen LogP contribution in [-0.2, 0) is 17.6 Å². The largest absolute Gasteiger partial charge is 0.454 e. The van der Waals surface area contributed by atoms with Crippen LogP contribution in [0.4, 0.5) is 5.82 Å². The molecule has 0 bridgehead atoms. The molecule has 0 aliphatic carbocycles. The smallest absolute Gasteiger partial charge is 0.270 e. The van der Waals surface area contributed by atoms with E-state index in [0.717, 1.165) is 22.6 Å². The first kappa shape index (κ1) is 16.6. The fourth-order valence-electron chi connectivity index (χ4n) is 3.07. The Morgan fingerprint density at radius 1 is 1.27 bits per heavy atom. The average Bonchev–Trinajstić information content (AvgIpc) is 3.10. The predicted octanol–water partition coefficient (Wildman–Crippen LogP) is 1.14. The van der Waals surface area contributed by atoms with Crippen LogP contribution in [0.1, 0.15) is 27.4 Å². The summed E-state index contributed by atoms with van der Waals surface area (Å²) in [6.07, 6.45) is 1.21. The first-order valence-corrected chi connectivity index (χ1v) is 8.54. The van der Waals surface area contributed by atoms with Gasteiger partial charge in [-0.15, -0.1) is 0 Å². The van der Waals surface area contributed by atoms with Crippen LogP contribution in [0.15, 0.2) is 18.2 Å². The summed E-state index contributed by atoms with van der Waals surface area (Å²) in [5.41, 5.74) is 2.30. The van der Waals surface area contributed by atoms with Crippen LogP contribution in [-0.4, -0.2) is 49.5 Å². The molecule has 0 fully saturated rings. The number of fused-ring (bicyclic) bond motifs is 2. The molecule has 136 valence electrons. The van der Waals surface area contributed by atoms with Crippen molar-refractivity contribution in [3.63, 3.8) is 0 Å². The maximum atomic E-state index is 12.2. The van der Waals surface area contributed by atoms with Crippen molar-refractivity contribution >= 4 is 11.7 Å². The first-order valence-electron chi connectivity index (χ1n) is 8.54. The first-order chi connectivity index (χ1) is 12.7. The van der Waals surface area contributed by atoms with E-state index >= 15 is 0 Å². The molecule has 1 amide bonds. The maximum Gasteiger partial charge on any atom is 0.270 e. The molecule has 0 atom stereocenters. The third-order valence-electron chi connectivity index (χ3n) is 4.33. The molecule has 1 aromatic carbocycles. The lowest BCUT2D eigenvalue weighted by atomic mass is 10.1. The molecular formula is C18H20N4O4. The van der Waals surface area contributed by atoms with Crippen molar-refractivity contribution in [3.8, 4) is 11.5 Å². The van der Waals surface area contributed by atoms with Crippen molar-refractivity contribution in [2.45, 2.75) is 12.8 Å². The highest BCUT2D eigenvalue weighted by atomic mass is 16.7. The van der Waals surface area contributed by atoms with E-state index in [1.807, 2.05) is 18.2 Å². The summed E-state index contributed by atoms with van der Waals surface area (Å²) in [4.78, 5) is 21.4. The Morgan fingerprint density at radius 3 is 3.04 bits per heavy atom. The third kappa shape index (κ3) is 3.28. The fourth-order valence-corrected chi connectivity index (χ4v) is 3.07. The summed E-state index contributed by atoms with van der Waals surface area (Å²) < 4.78 is 15.8. The monoisotopic (exact) mass is 356 g/mol. The summed E-state index contributed by atoms with van der Waals surface area (Å²) in [5.74, 6) is 2.59. The number of methoxy groups -OCH3 is 1. The highest BCUT2D eigenvalue weighted by Gasteiger charge is 2.24. The summed E-state index contributed by atoms with van der Waals surface area (Å²) in [6, 6.07) is 5.75. The zero-order valence-corrected chi connectivity index (χ0v) is 14.5. The van der Waals surface area contributed by atoms with Gasteiger partial charge in [0.15, 0.2) is 11.5 Å². The Morgan fingerprint density at radius 2 is 2.15 bits per heavy atom. The van der Waals surface area contributed by atoms with Crippen LogP contribution in [0, 0.1) is 0 Å². The Bertz CT molecular complexity index is 840. The van der Waals surface area contributed by atoms with Crippen molar-refractivity contribution in [1.29, 1.82) is 0 Å². The van der Waals surface area contributed by atoms with E-state index in [-0.39, 0.29) is 12.7 Å². The predicted molar refractivity (Wildman–Crippen MR) is 93.8 cm³/mol. The number of nitrogens with one attached hydrogen (secondary N) is 2. The summed E-state index contributed by atoms with van der Waals surface area (Å²) in [6.45, 7) is 2.00. The topological polar surface area (TPSA) is 94.6 Å². The molecule has 0 saturated carbocycles. The van der Waals surface area contributed by atoms with Gasteiger partial charge in [0, 0.05) is 32.2 Å². The lowest BCUT2D eigenvalue weighted by molar-refractivity contribution is 0.0940. The molecule has 4 rings (SSSR count). The number of carbonyl (C=O) groups excluding carboxylic acids is 1. The van der Waals surface area contributed by atoms with E-state index in [1.165, 1.54) is 0 Å². The molecule has 2 aliphatic heterocycles. The van der Waals surface area contributed by atoms with Crippen molar-refractivity contribution in [1.82, 2.24) is 15.3 Å². The third-order valence-corrected chi connectivity index (χ3v) is 4.33. The van der Waals surface area contributed by atoms with Crippen LogP contribution >= 0.6 is 0 Å². The molecule has 26 heavy (non-hydrogen) atoms. The van der Waals surface area contributed by atoms with Crippen molar-refractivity contribution < 1.29 is 19.0 Å². The Labute approximate surface area is 150 Å². The van der Waals surface area contributed by atoms with Crippen molar-refractivity contribution in [2.24, 2.45) is 0 Å². The van der Waals surface area contributed by atoms with Gasteiger partial charge in [-0.25, -0.2) is 9.97 Å². The normalized spacial score (nSPS) is 14.7. The Kier molecular flexibility index (Phi) is 4.57. The SMILES string of the molecule is COCCNc1nc(Cc2ccc3c(c2)OCO3)nc2c1CCNC2=O. The summed E-state index contributed by atoms with van der Waals surface area (Å²) >= 11 is 0. The molecule has 1 aromatic heterocycles. The number of hydrogen-bond acceptors (Lipinski definition) is 7. The van der Waals surface area contributed by atoms with E-state index in [9.17, 15) is 4.79 Å². The van der Waals surface area contributed by atoms with E-state index in [2.05, 4.69) is 20.6 Å². The van der Waals surface area contributed by atoms with Gasteiger partial charge in [-0.05, 0) is 24.1 Å². The lowest BCUT2D eigenvalue weighted by Gasteiger charge is -2.20. The molecular weight excluding hydrogens is 336 g/mol. The van der Waals surface area contributed by atoms with E-state index in [0.29, 0.717) is 49.9 Å². The highest BCUT2D eigenvalue weighted by molar-refractivity contribution is 5.96. The van der Waals surface area contributed by atoms with Gasteiger partial charge in [-0.3, -0.25) is 4.79 Å². The van der Waals surface area contributed by atoms with Gasteiger partial charge >= 0.3 is 0 Å². The molecule has 2 aliphatic rings. The number of rotatable bonds is 6. The summed E-state index contributed by atoms with van der Waals surface area (Å²) in [5, 5.41) is 6.10. The molecule has 2 aromatic rings. The minimum absolute atomic E-state index is 0.157. The maximum absolute atomic E-state index is 12.2. The number of amides is 1. The van der Waals surface area contributed by atoms with Gasteiger partial charge in [0.2, 0.25) is 6.79 Å². The van der Waals surface area contributed by atoms with Crippen LogP contribution in [0.2, 0.25) is 0 Å². The van der Waals surface area contributed by atoms with Gasteiger partial charge in [-0.2, -0.15) is 0 Å². The summed E-state index contributed by atoms with van der Waals surface area (Å²) in [7, 11) is 1.65.